The van der Waals surface area contributed by atoms with E-state index in [4.69, 9.17) is 21.9 Å². The normalized spacial score (nSPS) is 22.0. The van der Waals surface area contributed by atoms with Gasteiger partial charge in [0.05, 0.1) is 28.0 Å². The molecule has 50 heavy (non-hydrogen) atoms. The summed E-state index contributed by atoms with van der Waals surface area (Å²) in [5, 5.41) is 21.6. The molecule has 0 bridgehead atoms. The molecule has 1 amide bonds. The number of nitriles is 1. The Labute approximate surface area is 288 Å². The van der Waals surface area contributed by atoms with Gasteiger partial charge in [-0.1, -0.05) is 18.1 Å². The summed E-state index contributed by atoms with van der Waals surface area (Å²) in [5.41, 5.74) is 4.37. The zero-order valence-corrected chi connectivity index (χ0v) is 27.8. The van der Waals surface area contributed by atoms with E-state index in [-0.39, 0.29) is 50.9 Å². The second-order valence-electron chi connectivity index (χ2n) is 14.0. The van der Waals surface area contributed by atoms with Crippen molar-refractivity contribution in [2.24, 2.45) is 17.1 Å². The molecule has 0 radical (unpaired) electrons. The van der Waals surface area contributed by atoms with Crippen LogP contribution in [0.3, 0.4) is 0 Å². The number of ether oxygens (including phenoxy) is 1. The Bertz CT molecular complexity index is 2130. The maximum Gasteiger partial charge on any atom is 0.319 e. The molecule has 256 valence electrons. The summed E-state index contributed by atoms with van der Waals surface area (Å²) in [6, 6.07) is 7.82. The highest BCUT2D eigenvalue weighted by molar-refractivity contribution is 6.03. The number of nitrogens with two attached hydrogens (primary N) is 1. The molecular weight excluding hydrogens is 640 g/mol. The number of carbonyl (C=O) groups excluding carboxylic acids is 1. The third-order valence-electron chi connectivity index (χ3n) is 10.6. The highest BCUT2D eigenvalue weighted by Gasteiger charge is 2.45. The summed E-state index contributed by atoms with van der Waals surface area (Å²) in [7, 11) is 0. The summed E-state index contributed by atoms with van der Waals surface area (Å²) < 4.78 is 38.3. The van der Waals surface area contributed by atoms with Gasteiger partial charge in [0.15, 0.2) is 5.82 Å². The van der Waals surface area contributed by atoms with Gasteiger partial charge in [-0.2, -0.15) is 15.2 Å². The van der Waals surface area contributed by atoms with Crippen LogP contribution in [0.4, 0.5) is 14.6 Å². The maximum atomic E-state index is 17.0. The topological polar surface area (TPSA) is 141 Å². The third kappa shape index (κ3) is 5.94. The lowest BCUT2D eigenvalue weighted by Gasteiger charge is -2.31. The lowest BCUT2D eigenvalue weighted by atomic mass is 9.80. The molecule has 3 aliphatic rings. The van der Waals surface area contributed by atoms with Gasteiger partial charge in [0, 0.05) is 30.2 Å². The number of phenols is 1. The molecule has 12 heteroatoms. The van der Waals surface area contributed by atoms with Crippen molar-refractivity contribution in [2.45, 2.75) is 51.0 Å². The van der Waals surface area contributed by atoms with E-state index in [1.807, 2.05) is 11.8 Å². The Balaban J connectivity index is 1.39. The number of anilines is 1. The molecule has 3 saturated heterocycles. The van der Waals surface area contributed by atoms with Gasteiger partial charge in [0.1, 0.15) is 35.2 Å². The molecule has 2 aromatic carbocycles. The predicted octanol–water partition coefficient (Wildman–Crippen LogP) is 5.61. The van der Waals surface area contributed by atoms with E-state index < -0.39 is 23.0 Å². The highest BCUT2D eigenvalue weighted by Crippen LogP contribution is 2.42. The van der Waals surface area contributed by atoms with Crippen LogP contribution < -0.4 is 15.4 Å². The molecule has 10 nitrogen and oxygen atoms in total. The van der Waals surface area contributed by atoms with Crippen LogP contribution in [0, 0.1) is 46.6 Å². The van der Waals surface area contributed by atoms with E-state index in [0.717, 1.165) is 38.8 Å². The Morgan fingerprint density at radius 3 is 2.70 bits per heavy atom. The van der Waals surface area contributed by atoms with Crippen molar-refractivity contribution in [3.8, 4) is 41.4 Å². The van der Waals surface area contributed by atoms with E-state index in [1.54, 1.807) is 6.08 Å². The van der Waals surface area contributed by atoms with Crippen LogP contribution >= 0.6 is 0 Å². The number of pyridine rings is 1. The predicted molar refractivity (Wildman–Crippen MR) is 185 cm³/mol. The number of aromatic hydroxyl groups is 1. The summed E-state index contributed by atoms with van der Waals surface area (Å²) in [5.74, 6) is 0.232. The molecule has 0 saturated carbocycles. The van der Waals surface area contributed by atoms with Crippen LogP contribution in [0.25, 0.3) is 32.9 Å². The zero-order valence-electron chi connectivity index (χ0n) is 27.8. The number of terminal acetylenes is 1. The SMILES string of the molecule is C#Cc1c(F)ccc2cc(O)cc(-c3ncc4c(N5CC[C@@](C)(C#N)C[C@@H](C=CC(N)=O)C5)nc(OCC56CCCN5CCC6)nc4c3F)c12. The fourth-order valence-electron chi connectivity index (χ4n) is 8.08. The third-order valence-corrected chi connectivity index (χ3v) is 10.6. The first kappa shape index (κ1) is 33.2. The van der Waals surface area contributed by atoms with Gasteiger partial charge in [-0.25, -0.2) is 8.78 Å². The summed E-state index contributed by atoms with van der Waals surface area (Å²) in [4.78, 5) is 30.0. The average Bonchev–Trinajstić information content (AvgIpc) is 3.63. The van der Waals surface area contributed by atoms with Gasteiger partial charge >= 0.3 is 6.01 Å². The minimum Gasteiger partial charge on any atom is -0.508 e. The average molecular weight is 678 g/mol. The molecule has 0 aliphatic carbocycles. The van der Waals surface area contributed by atoms with Crippen LogP contribution in [0.5, 0.6) is 11.8 Å². The van der Waals surface area contributed by atoms with Crippen molar-refractivity contribution in [1.29, 1.82) is 5.26 Å². The molecule has 4 aromatic rings. The largest absolute Gasteiger partial charge is 0.508 e. The number of phenolic OH excluding ortho intramolecular Hbond substituents is 1. The fourth-order valence-corrected chi connectivity index (χ4v) is 8.08. The number of carbonyl (C=O) groups is 1. The van der Waals surface area contributed by atoms with Gasteiger partial charge < -0.3 is 20.5 Å². The van der Waals surface area contributed by atoms with E-state index in [1.165, 1.54) is 36.5 Å². The van der Waals surface area contributed by atoms with Crippen molar-refractivity contribution in [1.82, 2.24) is 19.9 Å². The van der Waals surface area contributed by atoms with Crippen molar-refractivity contribution in [2.75, 3.05) is 37.7 Å². The number of hydrogen-bond donors (Lipinski definition) is 2. The Morgan fingerprint density at radius 1 is 1.20 bits per heavy atom. The van der Waals surface area contributed by atoms with Crippen LogP contribution in [0.1, 0.15) is 51.0 Å². The van der Waals surface area contributed by atoms with Crippen molar-refractivity contribution in [3.05, 3.63) is 59.8 Å². The standard InChI is InChI=1S/C38H37F2N7O3/c1-3-26-29(39)8-7-24-16-25(48)17-27(31(24)26)33-32(40)34-28(19-43-33)35(45-36(44-34)50-22-38-10-4-13-47(38)14-5-11-38)46-15-12-37(2,21-41)18-23(20-46)6-9-30(42)49/h1,6-9,16-17,19,23,48H,4-5,10-15,18,20,22H2,2H3,(H2,42,49)/t23-,37-/m1/s1. The molecule has 5 heterocycles. The minimum atomic E-state index is -0.821. The number of benzene rings is 2. The first-order chi connectivity index (χ1) is 24.0. The van der Waals surface area contributed by atoms with Crippen LogP contribution in [0.15, 0.2) is 42.6 Å². The number of halogens is 2. The minimum absolute atomic E-state index is 0.00989. The zero-order chi connectivity index (χ0) is 35.2. The van der Waals surface area contributed by atoms with Crippen LogP contribution in [-0.2, 0) is 4.79 Å². The number of hydrogen-bond acceptors (Lipinski definition) is 9. The quantitative estimate of drug-likeness (QED) is 0.189. The number of rotatable bonds is 7. The molecule has 0 unspecified atom stereocenters. The number of fused-ring (bicyclic) bond motifs is 3. The highest BCUT2D eigenvalue weighted by atomic mass is 19.1. The summed E-state index contributed by atoms with van der Waals surface area (Å²) in [6.45, 7) is 4.98. The van der Waals surface area contributed by atoms with Gasteiger partial charge in [0.2, 0.25) is 5.91 Å². The van der Waals surface area contributed by atoms with E-state index in [2.05, 4.69) is 26.9 Å². The summed E-state index contributed by atoms with van der Waals surface area (Å²) in [6.07, 6.45) is 15.2. The number of nitrogens with zero attached hydrogens (tertiary/aromatic N) is 6. The van der Waals surface area contributed by atoms with Gasteiger partial charge in [0.25, 0.3) is 0 Å². The molecular formula is C38H37F2N7O3. The molecule has 2 atom stereocenters. The molecule has 0 spiro atoms. The Morgan fingerprint density at radius 2 is 1.98 bits per heavy atom. The maximum absolute atomic E-state index is 17.0. The van der Waals surface area contributed by atoms with Crippen molar-refractivity contribution >= 4 is 33.4 Å². The van der Waals surface area contributed by atoms with Crippen LogP contribution in [-0.4, -0.2) is 69.2 Å². The smallest absolute Gasteiger partial charge is 0.319 e. The monoisotopic (exact) mass is 677 g/mol. The number of amides is 1. The van der Waals surface area contributed by atoms with Gasteiger partial charge in [-0.3, -0.25) is 14.7 Å². The number of aromatic nitrogens is 3. The first-order valence-electron chi connectivity index (χ1n) is 16.8. The number of primary amides is 1. The van der Waals surface area contributed by atoms with E-state index in [9.17, 15) is 19.6 Å². The fraction of sp³-hybridized carbons (Fsp3) is 0.395. The van der Waals surface area contributed by atoms with E-state index in [0.29, 0.717) is 49.1 Å². The second-order valence-corrected chi connectivity index (χ2v) is 14.0. The second kappa shape index (κ2) is 12.8. The van der Waals surface area contributed by atoms with Gasteiger partial charge in [-0.05, 0) is 94.1 Å². The van der Waals surface area contributed by atoms with E-state index >= 15 is 4.39 Å². The molecule has 2 aromatic heterocycles. The summed E-state index contributed by atoms with van der Waals surface area (Å²) >= 11 is 0. The van der Waals surface area contributed by atoms with Gasteiger partial charge in [-0.15, -0.1) is 6.42 Å². The molecule has 3 N–H and O–H groups in total. The molecule has 3 aliphatic heterocycles. The molecule has 3 fully saturated rings. The van der Waals surface area contributed by atoms with Crippen molar-refractivity contribution in [3.63, 3.8) is 0 Å². The first-order valence-corrected chi connectivity index (χ1v) is 16.8. The molecule has 7 rings (SSSR count). The lowest BCUT2D eigenvalue weighted by Crippen LogP contribution is -2.43. The Kier molecular flexibility index (Phi) is 8.53. The van der Waals surface area contributed by atoms with Crippen LogP contribution in [0.2, 0.25) is 0 Å². The lowest BCUT2D eigenvalue weighted by molar-refractivity contribution is -0.113. The Hall–Kier alpha value is -5.33. The van der Waals surface area contributed by atoms with Crippen molar-refractivity contribution < 1.29 is 23.4 Å².